The molecular formula is C15H19N5O4. The van der Waals surface area contributed by atoms with E-state index >= 15 is 0 Å². The van der Waals surface area contributed by atoms with Crippen molar-refractivity contribution in [2.75, 3.05) is 18.0 Å². The molecule has 0 aliphatic rings. The highest BCUT2D eigenvalue weighted by molar-refractivity contribution is 5.67. The Kier molecular flexibility index (Phi) is 5.88. The first-order chi connectivity index (χ1) is 11.5. The zero-order chi connectivity index (χ0) is 17.5. The molecule has 0 aliphatic carbocycles. The van der Waals surface area contributed by atoms with E-state index in [2.05, 4.69) is 15.3 Å². The number of ether oxygens (including phenoxy) is 1. The largest absolute Gasteiger partial charge is 0.445 e. The molecule has 7 N–H and O–H groups in total. The van der Waals surface area contributed by atoms with Gasteiger partial charge in [-0.05, 0) is 5.56 Å². The van der Waals surface area contributed by atoms with E-state index in [1.807, 2.05) is 30.3 Å². The molecule has 2 atom stereocenters. The molecule has 1 aromatic carbocycles. The second kappa shape index (κ2) is 8.09. The van der Waals surface area contributed by atoms with Crippen LogP contribution in [-0.4, -0.2) is 38.9 Å². The standard InChI is InChI=1S/C15H19N5O4/c16-13-14(17)20-10(6-18-13)12(22)11(21)7-19-15(23)24-8-9-4-2-1-3-5-9/h1-6,11-12,21-22H,7-8H2,(H2,16,18)(H2,17,20)(H,19,23). The van der Waals surface area contributed by atoms with Gasteiger partial charge in [-0.2, -0.15) is 0 Å². The van der Waals surface area contributed by atoms with Gasteiger partial charge in [-0.3, -0.25) is 0 Å². The van der Waals surface area contributed by atoms with Gasteiger partial charge in [0.25, 0.3) is 0 Å². The molecule has 128 valence electrons. The van der Waals surface area contributed by atoms with E-state index in [4.69, 9.17) is 16.2 Å². The molecule has 2 rings (SSSR count). The number of aromatic nitrogens is 2. The van der Waals surface area contributed by atoms with Crippen LogP contribution in [0.4, 0.5) is 16.4 Å². The van der Waals surface area contributed by atoms with Crippen molar-refractivity contribution < 1.29 is 19.7 Å². The number of carbonyl (C=O) groups is 1. The topological polar surface area (TPSA) is 157 Å². The third-order valence-electron chi connectivity index (χ3n) is 3.18. The first kappa shape index (κ1) is 17.4. The minimum absolute atomic E-state index is 0.0306. The van der Waals surface area contributed by atoms with Crippen LogP contribution < -0.4 is 16.8 Å². The quantitative estimate of drug-likeness (QED) is 0.493. The summed E-state index contributed by atoms with van der Waals surface area (Å²) < 4.78 is 4.99. The maximum Gasteiger partial charge on any atom is 0.407 e. The summed E-state index contributed by atoms with van der Waals surface area (Å²) in [4.78, 5) is 19.2. The minimum atomic E-state index is -1.38. The van der Waals surface area contributed by atoms with E-state index in [-0.39, 0.29) is 30.5 Å². The smallest absolute Gasteiger partial charge is 0.407 e. The Morgan fingerprint density at radius 3 is 2.58 bits per heavy atom. The Hall–Kier alpha value is -2.91. The number of benzene rings is 1. The fourth-order valence-corrected chi connectivity index (χ4v) is 1.84. The van der Waals surface area contributed by atoms with Crippen LogP contribution in [0.25, 0.3) is 0 Å². The number of aliphatic hydroxyl groups excluding tert-OH is 2. The molecule has 0 saturated heterocycles. The highest BCUT2D eigenvalue weighted by atomic mass is 16.5. The average Bonchev–Trinajstić information content (AvgIpc) is 2.60. The number of nitrogen functional groups attached to an aromatic ring is 2. The highest BCUT2D eigenvalue weighted by Gasteiger charge is 2.21. The number of anilines is 2. The molecule has 0 spiro atoms. The molecule has 1 aromatic heterocycles. The van der Waals surface area contributed by atoms with E-state index in [0.717, 1.165) is 5.56 Å². The van der Waals surface area contributed by atoms with Crippen LogP contribution in [0.15, 0.2) is 36.5 Å². The third kappa shape index (κ3) is 4.80. The van der Waals surface area contributed by atoms with Gasteiger partial charge < -0.3 is 31.7 Å². The number of aliphatic hydroxyl groups is 2. The number of hydrogen-bond donors (Lipinski definition) is 5. The molecule has 0 fully saturated rings. The molecule has 2 aromatic rings. The number of nitrogens with one attached hydrogen (secondary N) is 1. The van der Waals surface area contributed by atoms with E-state index in [9.17, 15) is 15.0 Å². The van der Waals surface area contributed by atoms with Crippen molar-refractivity contribution in [1.29, 1.82) is 0 Å². The summed E-state index contributed by atoms with van der Waals surface area (Å²) in [6.07, 6.45) is -2.21. The molecule has 1 heterocycles. The average molecular weight is 333 g/mol. The van der Waals surface area contributed by atoms with Gasteiger partial charge >= 0.3 is 6.09 Å². The summed E-state index contributed by atoms with van der Waals surface area (Å²) in [6.45, 7) is -0.133. The van der Waals surface area contributed by atoms with Crippen LogP contribution in [0, 0.1) is 0 Å². The highest BCUT2D eigenvalue weighted by Crippen LogP contribution is 2.17. The molecule has 0 saturated carbocycles. The summed E-state index contributed by atoms with van der Waals surface area (Å²) in [7, 11) is 0. The lowest BCUT2D eigenvalue weighted by molar-refractivity contribution is 0.0158. The van der Waals surface area contributed by atoms with Crippen LogP contribution in [-0.2, 0) is 11.3 Å². The van der Waals surface area contributed by atoms with Crippen LogP contribution in [0.2, 0.25) is 0 Å². The summed E-state index contributed by atoms with van der Waals surface area (Å²) in [5.41, 5.74) is 11.8. The first-order valence-electron chi connectivity index (χ1n) is 7.16. The lowest BCUT2D eigenvalue weighted by Gasteiger charge is -2.18. The Bertz CT molecular complexity index is 683. The van der Waals surface area contributed by atoms with Crippen LogP contribution in [0.5, 0.6) is 0 Å². The van der Waals surface area contributed by atoms with E-state index < -0.39 is 18.3 Å². The number of nitrogens with two attached hydrogens (primary N) is 2. The molecule has 2 unspecified atom stereocenters. The predicted molar refractivity (Wildman–Crippen MR) is 86.5 cm³/mol. The number of hydrogen-bond acceptors (Lipinski definition) is 8. The second-order valence-corrected chi connectivity index (χ2v) is 5.02. The zero-order valence-corrected chi connectivity index (χ0v) is 12.8. The number of rotatable bonds is 6. The zero-order valence-electron chi connectivity index (χ0n) is 12.8. The van der Waals surface area contributed by atoms with Crippen LogP contribution in [0.1, 0.15) is 17.4 Å². The van der Waals surface area contributed by atoms with Gasteiger partial charge in [-0.1, -0.05) is 30.3 Å². The van der Waals surface area contributed by atoms with Crippen molar-refractivity contribution in [3.63, 3.8) is 0 Å². The Morgan fingerprint density at radius 1 is 1.21 bits per heavy atom. The number of nitrogens with zero attached hydrogens (tertiary/aromatic N) is 2. The Balaban J connectivity index is 1.80. The predicted octanol–water partition coefficient (Wildman–Crippen LogP) is -0.0383. The van der Waals surface area contributed by atoms with Gasteiger partial charge in [0, 0.05) is 6.54 Å². The fraction of sp³-hybridized carbons (Fsp3) is 0.267. The van der Waals surface area contributed by atoms with Gasteiger partial charge in [-0.25, -0.2) is 14.8 Å². The van der Waals surface area contributed by atoms with Crippen molar-refractivity contribution in [2.24, 2.45) is 0 Å². The van der Waals surface area contributed by atoms with Crippen molar-refractivity contribution in [3.8, 4) is 0 Å². The van der Waals surface area contributed by atoms with E-state index in [1.54, 1.807) is 0 Å². The summed E-state index contributed by atoms with van der Waals surface area (Å²) in [5.74, 6) is -0.0166. The van der Waals surface area contributed by atoms with Crippen molar-refractivity contribution in [3.05, 3.63) is 47.8 Å². The monoisotopic (exact) mass is 333 g/mol. The lowest BCUT2D eigenvalue weighted by atomic mass is 10.1. The van der Waals surface area contributed by atoms with Crippen LogP contribution >= 0.6 is 0 Å². The van der Waals surface area contributed by atoms with Crippen molar-refractivity contribution in [1.82, 2.24) is 15.3 Å². The lowest BCUT2D eigenvalue weighted by Crippen LogP contribution is -2.36. The SMILES string of the molecule is Nc1ncc(C(O)C(O)CNC(=O)OCc2ccccc2)nc1N. The molecule has 0 bridgehead atoms. The van der Waals surface area contributed by atoms with Gasteiger partial charge in [0.2, 0.25) is 0 Å². The second-order valence-electron chi connectivity index (χ2n) is 5.02. The van der Waals surface area contributed by atoms with Crippen LogP contribution in [0.3, 0.4) is 0 Å². The number of amides is 1. The third-order valence-corrected chi connectivity index (χ3v) is 3.18. The summed E-state index contributed by atoms with van der Waals surface area (Å²) in [5, 5.41) is 22.2. The molecule has 9 heteroatoms. The molecule has 24 heavy (non-hydrogen) atoms. The van der Waals surface area contributed by atoms with Gasteiger partial charge in [0.05, 0.1) is 11.9 Å². The molecule has 0 aliphatic heterocycles. The molecule has 0 radical (unpaired) electrons. The van der Waals surface area contributed by atoms with Gasteiger partial charge in [0.15, 0.2) is 11.6 Å². The molecular weight excluding hydrogens is 314 g/mol. The minimum Gasteiger partial charge on any atom is -0.445 e. The maximum atomic E-state index is 11.6. The van der Waals surface area contributed by atoms with Crippen molar-refractivity contribution in [2.45, 2.75) is 18.8 Å². The Morgan fingerprint density at radius 2 is 1.92 bits per heavy atom. The van der Waals surface area contributed by atoms with Crippen molar-refractivity contribution >= 4 is 17.7 Å². The normalized spacial score (nSPS) is 13.1. The van der Waals surface area contributed by atoms with E-state index in [1.165, 1.54) is 6.20 Å². The van der Waals surface area contributed by atoms with Gasteiger partial charge in [-0.15, -0.1) is 0 Å². The first-order valence-corrected chi connectivity index (χ1v) is 7.16. The number of carbonyl (C=O) groups excluding carboxylic acids is 1. The molecule has 1 amide bonds. The van der Waals surface area contributed by atoms with E-state index in [0.29, 0.717) is 0 Å². The molecule has 9 nitrogen and oxygen atoms in total. The fourth-order valence-electron chi connectivity index (χ4n) is 1.84. The maximum absolute atomic E-state index is 11.6. The Labute approximate surface area is 138 Å². The summed E-state index contributed by atoms with van der Waals surface area (Å²) >= 11 is 0. The summed E-state index contributed by atoms with van der Waals surface area (Å²) in [6, 6.07) is 9.15. The van der Waals surface area contributed by atoms with Gasteiger partial charge in [0.1, 0.15) is 18.8 Å². The number of alkyl carbamates (subject to hydrolysis) is 1.